The minimum Gasteiger partial charge on any atom is -0.341 e. The highest BCUT2D eigenvalue weighted by Gasteiger charge is 2.34. The Labute approximate surface area is 181 Å². The molecule has 1 amide bonds. The van der Waals surface area contributed by atoms with E-state index in [4.69, 9.17) is 4.98 Å². The molecule has 3 heterocycles. The standard InChI is InChI=1S/C24H28N4OS/c29-24(28-12-6-7-13-28)23(19-8-2-1-3-9-19)27-16-14-26(15-17-27)18-22-25-20-10-4-5-11-21(20)30-22/h1-5,8-11,23H,6-7,12-18H2/t23-/m1/s1. The maximum atomic E-state index is 13.4. The summed E-state index contributed by atoms with van der Waals surface area (Å²) in [6.45, 7) is 6.44. The van der Waals surface area contributed by atoms with Gasteiger partial charge in [0.2, 0.25) is 5.91 Å². The van der Waals surface area contributed by atoms with Crippen LogP contribution in [-0.4, -0.2) is 64.9 Å². The number of rotatable bonds is 5. The fraction of sp³-hybridized carbons (Fsp3) is 0.417. The minimum atomic E-state index is -0.158. The predicted octanol–water partition coefficient (Wildman–Crippen LogP) is 3.78. The number of fused-ring (bicyclic) bond motifs is 1. The van der Waals surface area contributed by atoms with Gasteiger partial charge in [-0.05, 0) is 30.5 Å². The molecular weight excluding hydrogens is 392 g/mol. The van der Waals surface area contributed by atoms with Crippen LogP contribution in [0.4, 0.5) is 0 Å². The van der Waals surface area contributed by atoms with Crippen LogP contribution in [0, 0.1) is 0 Å². The summed E-state index contributed by atoms with van der Waals surface area (Å²) < 4.78 is 1.26. The first kappa shape index (κ1) is 19.7. The molecule has 0 radical (unpaired) electrons. The molecule has 0 N–H and O–H groups in total. The van der Waals surface area contributed by atoms with Gasteiger partial charge in [-0.25, -0.2) is 4.98 Å². The van der Waals surface area contributed by atoms with Gasteiger partial charge in [0.15, 0.2) is 0 Å². The molecule has 0 spiro atoms. The number of carbonyl (C=O) groups excluding carboxylic acids is 1. The van der Waals surface area contributed by atoms with E-state index < -0.39 is 0 Å². The van der Waals surface area contributed by atoms with Crippen molar-refractivity contribution in [3.05, 3.63) is 65.2 Å². The average Bonchev–Trinajstić information content (AvgIpc) is 3.45. The van der Waals surface area contributed by atoms with Crippen molar-refractivity contribution >= 4 is 27.5 Å². The van der Waals surface area contributed by atoms with E-state index in [1.54, 1.807) is 11.3 Å². The molecule has 0 aliphatic carbocycles. The molecular formula is C24H28N4OS. The van der Waals surface area contributed by atoms with E-state index in [2.05, 4.69) is 45.0 Å². The minimum absolute atomic E-state index is 0.158. The van der Waals surface area contributed by atoms with Crippen molar-refractivity contribution in [3.8, 4) is 0 Å². The summed E-state index contributed by atoms with van der Waals surface area (Å²) in [5, 5.41) is 1.18. The van der Waals surface area contributed by atoms with Crippen molar-refractivity contribution in [1.29, 1.82) is 0 Å². The lowest BCUT2D eigenvalue weighted by atomic mass is 10.0. The van der Waals surface area contributed by atoms with Crippen molar-refractivity contribution in [1.82, 2.24) is 19.7 Å². The van der Waals surface area contributed by atoms with Crippen LogP contribution in [0.5, 0.6) is 0 Å². The largest absolute Gasteiger partial charge is 0.341 e. The number of piperazine rings is 1. The number of hydrogen-bond acceptors (Lipinski definition) is 5. The van der Waals surface area contributed by atoms with E-state index in [1.165, 1.54) is 9.71 Å². The van der Waals surface area contributed by atoms with Gasteiger partial charge >= 0.3 is 0 Å². The van der Waals surface area contributed by atoms with Crippen LogP contribution in [0.15, 0.2) is 54.6 Å². The maximum absolute atomic E-state index is 13.4. The SMILES string of the molecule is O=C([C@@H](c1ccccc1)N1CCN(Cc2nc3ccccc3s2)CC1)N1CCCC1. The molecule has 6 heteroatoms. The number of para-hydroxylation sites is 1. The van der Waals surface area contributed by atoms with Crippen LogP contribution < -0.4 is 0 Å². The summed E-state index contributed by atoms with van der Waals surface area (Å²) in [5.74, 6) is 0.276. The topological polar surface area (TPSA) is 39.7 Å². The van der Waals surface area contributed by atoms with Gasteiger partial charge in [-0.3, -0.25) is 14.6 Å². The summed E-state index contributed by atoms with van der Waals surface area (Å²) >= 11 is 1.79. The Bertz CT molecular complexity index is 958. The zero-order valence-corrected chi connectivity index (χ0v) is 18.1. The molecule has 1 atom stereocenters. The number of amides is 1. The van der Waals surface area contributed by atoms with Gasteiger partial charge in [0.25, 0.3) is 0 Å². The second-order valence-electron chi connectivity index (χ2n) is 8.23. The molecule has 156 valence electrons. The third-order valence-corrected chi connectivity index (χ3v) is 7.26. The Morgan fingerprint density at radius 3 is 2.33 bits per heavy atom. The van der Waals surface area contributed by atoms with Crippen LogP contribution >= 0.6 is 11.3 Å². The molecule has 2 saturated heterocycles. The van der Waals surface area contributed by atoms with E-state index in [1.807, 2.05) is 24.3 Å². The molecule has 5 rings (SSSR count). The molecule has 0 saturated carbocycles. The first-order chi connectivity index (χ1) is 14.8. The number of nitrogens with zero attached hydrogens (tertiary/aromatic N) is 4. The van der Waals surface area contributed by atoms with E-state index in [9.17, 15) is 4.79 Å². The van der Waals surface area contributed by atoms with E-state index in [0.29, 0.717) is 0 Å². The number of likely N-dealkylation sites (tertiary alicyclic amines) is 1. The number of hydrogen-bond donors (Lipinski definition) is 0. The molecule has 0 unspecified atom stereocenters. The third kappa shape index (κ3) is 4.13. The maximum Gasteiger partial charge on any atom is 0.244 e. The van der Waals surface area contributed by atoms with Crippen LogP contribution in [0.25, 0.3) is 10.2 Å². The van der Waals surface area contributed by atoms with Crippen LogP contribution in [0.1, 0.15) is 29.5 Å². The highest BCUT2D eigenvalue weighted by atomic mass is 32.1. The van der Waals surface area contributed by atoms with Gasteiger partial charge in [-0.15, -0.1) is 11.3 Å². The smallest absolute Gasteiger partial charge is 0.244 e. The summed E-state index contributed by atoms with van der Waals surface area (Å²) in [6.07, 6.45) is 2.26. The van der Waals surface area contributed by atoms with Crippen molar-refractivity contribution in [2.75, 3.05) is 39.3 Å². The van der Waals surface area contributed by atoms with Gasteiger partial charge < -0.3 is 4.90 Å². The molecule has 2 aliphatic heterocycles. The van der Waals surface area contributed by atoms with Gasteiger partial charge in [0.05, 0.1) is 16.8 Å². The van der Waals surface area contributed by atoms with Crippen molar-refractivity contribution in [2.24, 2.45) is 0 Å². The predicted molar refractivity (Wildman–Crippen MR) is 121 cm³/mol. The molecule has 2 aromatic carbocycles. The number of benzene rings is 2. The Morgan fingerprint density at radius 1 is 0.900 bits per heavy atom. The van der Waals surface area contributed by atoms with Crippen LogP contribution in [0.2, 0.25) is 0 Å². The highest BCUT2D eigenvalue weighted by Crippen LogP contribution is 2.28. The van der Waals surface area contributed by atoms with E-state index >= 15 is 0 Å². The van der Waals surface area contributed by atoms with Gasteiger partial charge in [-0.1, -0.05) is 42.5 Å². The van der Waals surface area contributed by atoms with Crippen molar-refractivity contribution < 1.29 is 4.79 Å². The quantitative estimate of drug-likeness (QED) is 0.630. The van der Waals surface area contributed by atoms with E-state index in [-0.39, 0.29) is 11.9 Å². The number of thiazole rings is 1. The zero-order chi connectivity index (χ0) is 20.3. The summed E-state index contributed by atoms with van der Waals surface area (Å²) in [6, 6.07) is 18.5. The van der Waals surface area contributed by atoms with Gasteiger partial charge in [0.1, 0.15) is 11.0 Å². The Balaban J connectivity index is 1.27. The molecule has 0 bridgehead atoms. The van der Waals surface area contributed by atoms with Crippen molar-refractivity contribution in [3.63, 3.8) is 0 Å². The molecule has 5 nitrogen and oxygen atoms in total. The molecule has 2 fully saturated rings. The first-order valence-corrected chi connectivity index (χ1v) is 11.7. The fourth-order valence-electron chi connectivity index (χ4n) is 4.61. The first-order valence-electron chi connectivity index (χ1n) is 10.9. The lowest BCUT2D eigenvalue weighted by molar-refractivity contribution is -0.137. The van der Waals surface area contributed by atoms with Gasteiger partial charge in [-0.2, -0.15) is 0 Å². The van der Waals surface area contributed by atoms with Crippen LogP contribution in [0.3, 0.4) is 0 Å². The molecule has 30 heavy (non-hydrogen) atoms. The van der Waals surface area contributed by atoms with Crippen LogP contribution in [-0.2, 0) is 11.3 Å². The molecule has 2 aliphatic rings. The van der Waals surface area contributed by atoms with E-state index in [0.717, 1.165) is 69.7 Å². The highest BCUT2D eigenvalue weighted by molar-refractivity contribution is 7.18. The second-order valence-corrected chi connectivity index (χ2v) is 9.35. The Morgan fingerprint density at radius 2 is 1.60 bits per heavy atom. The average molecular weight is 421 g/mol. The summed E-state index contributed by atoms with van der Waals surface area (Å²) in [4.78, 5) is 25.1. The summed E-state index contributed by atoms with van der Waals surface area (Å²) in [5.41, 5.74) is 2.21. The lowest BCUT2D eigenvalue weighted by Gasteiger charge is -2.39. The monoisotopic (exact) mass is 420 g/mol. The lowest BCUT2D eigenvalue weighted by Crippen LogP contribution is -2.51. The number of carbonyl (C=O) groups is 1. The summed E-state index contributed by atoms with van der Waals surface area (Å²) in [7, 11) is 0. The normalized spacial score (nSPS) is 19.4. The molecule has 3 aromatic rings. The van der Waals surface area contributed by atoms with Crippen molar-refractivity contribution in [2.45, 2.75) is 25.4 Å². The fourth-order valence-corrected chi connectivity index (χ4v) is 5.62. The van der Waals surface area contributed by atoms with Gasteiger partial charge in [0, 0.05) is 39.3 Å². The Kier molecular flexibility index (Phi) is 5.79. The Hall–Kier alpha value is -2.28. The number of aromatic nitrogens is 1. The second kappa shape index (κ2) is 8.84. The zero-order valence-electron chi connectivity index (χ0n) is 17.2. The molecule has 1 aromatic heterocycles. The third-order valence-electron chi connectivity index (χ3n) is 6.24.